The van der Waals surface area contributed by atoms with Crippen molar-refractivity contribution in [3.63, 3.8) is 0 Å². The minimum atomic E-state index is -0.459. The van der Waals surface area contributed by atoms with Crippen LogP contribution in [0.2, 0.25) is 4.47 Å². The van der Waals surface area contributed by atoms with Crippen molar-refractivity contribution >= 4 is 29.0 Å². The number of hydrogen-bond acceptors (Lipinski definition) is 5. The quantitative estimate of drug-likeness (QED) is 0.919. The van der Waals surface area contributed by atoms with Crippen LogP contribution < -0.4 is 5.32 Å². The highest BCUT2D eigenvalue weighted by Gasteiger charge is 2.26. The Morgan fingerprint density at radius 1 is 1.62 bits per heavy atom. The highest BCUT2D eigenvalue weighted by atomic mass is 35.5. The van der Waals surface area contributed by atoms with Crippen molar-refractivity contribution < 1.29 is 9.53 Å². The van der Waals surface area contributed by atoms with Gasteiger partial charge in [0.25, 0.3) is 0 Å². The molecule has 1 saturated heterocycles. The number of amides is 1. The molecule has 5 nitrogen and oxygen atoms in total. The second-order valence-electron chi connectivity index (χ2n) is 6.23. The molecule has 1 fully saturated rings. The molecular weight excluding hydrogens is 310 g/mol. The summed E-state index contributed by atoms with van der Waals surface area (Å²) in [6, 6.07) is 0.346. The minimum absolute atomic E-state index is 0.346. The molecule has 1 aromatic heterocycles. The number of rotatable bonds is 4. The largest absolute Gasteiger partial charge is 0.444 e. The fourth-order valence-corrected chi connectivity index (χ4v) is 3.41. The van der Waals surface area contributed by atoms with Crippen molar-refractivity contribution in [1.82, 2.24) is 15.2 Å². The predicted molar refractivity (Wildman–Crippen MR) is 84.8 cm³/mol. The van der Waals surface area contributed by atoms with Crippen molar-refractivity contribution in [1.29, 1.82) is 0 Å². The maximum absolute atomic E-state index is 11.7. The number of aromatic nitrogens is 1. The van der Waals surface area contributed by atoms with Gasteiger partial charge in [-0.05, 0) is 40.2 Å². The third-order valence-electron chi connectivity index (χ3n) is 3.26. The zero-order chi connectivity index (χ0) is 15.5. The predicted octanol–water partition coefficient (Wildman–Crippen LogP) is 3.29. The number of thiazole rings is 1. The van der Waals surface area contributed by atoms with E-state index in [1.54, 1.807) is 0 Å². The third-order valence-corrected chi connectivity index (χ3v) is 4.36. The zero-order valence-corrected chi connectivity index (χ0v) is 14.3. The lowest BCUT2D eigenvalue weighted by Gasteiger charge is -2.25. The summed E-state index contributed by atoms with van der Waals surface area (Å²) in [6.45, 7) is 8.08. The maximum atomic E-state index is 11.7. The molecule has 7 heteroatoms. The third kappa shape index (κ3) is 5.45. The summed E-state index contributed by atoms with van der Waals surface area (Å²) in [7, 11) is 0. The molecule has 0 aliphatic carbocycles. The second-order valence-corrected chi connectivity index (χ2v) is 7.93. The minimum Gasteiger partial charge on any atom is -0.444 e. The summed E-state index contributed by atoms with van der Waals surface area (Å²) in [4.78, 5) is 19.3. The smallest absolute Gasteiger partial charge is 0.407 e. The van der Waals surface area contributed by atoms with E-state index in [9.17, 15) is 4.79 Å². The number of carbonyl (C=O) groups excluding carboxylic acids is 1. The van der Waals surface area contributed by atoms with E-state index < -0.39 is 5.60 Å². The van der Waals surface area contributed by atoms with Crippen LogP contribution in [0.1, 0.15) is 38.5 Å². The van der Waals surface area contributed by atoms with Crippen molar-refractivity contribution in [2.75, 3.05) is 13.1 Å². The van der Waals surface area contributed by atoms with Gasteiger partial charge in [-0.15, -0.1) is 11.3 Å². The van der Waals surface area contributed by atoms with E-state index in [-0.39, 0.29) is 6.09 Å². The fourth-order valence-electron chi connectivity index (χ4n) is 2.41. The van der Waals surface area contributed by atoms with Crippen LogP contribution in [0.5, 0.6) is 0 Å². The summed E-state index contributed by atoms with van der Waals surface area (Å²) < 4.78 is 5.84. The molecular formula is C14H22ClN3O2S. The van der Waals surface area contributed by atoms with Crippen LogP contribution in [-0.4, -0.2) is 40.7 Å². The lowest BCUT2D eigenvalue weighted by Crippen LogP contribution is -2.41. The van der Waals surface area contributed by atoms with Crippen molar-refractivity contribution in [2.24, 2.45) is 0 Å². The number of hydrogen-bond donors (Lipinski definition) is 1. The van der Waals surface area contributed by atoms with Crippen LogP contribution in [0.25, 0.3) is 0 Å². The lowest BCUT2D eigenvalue weighted by molar-refractivity contribution is 0.0512. The molecule has 0 aromatic carbocycles. The molecule has 1 aliphatic heterocycles. The van der Waals surface area contributed by atoms with E-state index in [1.165, 1.54) is 11.3 Å². The Morgan fingerprint density at radius 3 is 3.00 bits per heavy atom. The number of nitrogens with zero attached hydrogens (tertiary/aromatic N) is 2. The molecule has 1 unspecified atom stereocenters. The number of halogens is 1. The maximum Gasteiger partial charge on any atom is 0.407 e. The van der Waals surface area contributed by atoms with Gasteiger partial charge in [0.15, 0.2) is 4.47 Å². The molecule has 2 heterocycles. The molecule has 1 atom stereocenters. The zero-order valence-electron chi connectivity index (χ0n) is 12.7. The molecule has 0 radical (unpaired) electrons. The fraction of sp³-hybridized carbons (Fsp3) is 0.714. The van der Waals surface area contributed by atoms with Gasteiger partial charge in [0.1, 0.15) is 5.60 Å². The Balaban J connectivity index is 1.80. The van der Waals surface area contributed by atoms with E-state index in [4.69, 9.17) is 16.3 Å². The molecule has 1 aliphatic rings. The first kappa shape index (κ1) is 16.5. The lowest BCUT2D eigenvalue weighted by atomic mass is 10.2. The Kier molecular flexibility index (Phi) is 5.46. The summed E-state index contributed by atoms with van der Waals surface area (Å²) in [5, 5.41) is 2.86. The average molecular weight is 332 g/mol. The first-order valence-electron chi connectivity index (χ1n) is 7.14. The van der Waals surface area contributed by atoms with Gasteiger partial charge in [0.2, 0.25) is 0 Å². The van der Waals surface area contributed by atoms with E-state index in [1.807, 2.05) is 27.0 Å². The number of ether oxygens (including phenoxy) is 1. The first-order chi connectivity index (χ1) is 9.83. The molecule has 0 spiro atoms. The van der Waals surface area contributed by atoms with Gasteiger partial charge in [0.05, 0.1) is 0 Å². The summed E-state index contributed by atoms with van der Waals surface area (Å²) in [6.07, 6.45) is 3.70. The van der Waals surface area contributed by atoms with Gasteiger partial charge in [0, 0.05) is 30.2 Å². The molecule has 0 bridgehead atoms. The second kappa shape index (κ2) is 6.94. The normalized spacial score (nSPS) is 19.7. The average Bonchev–Trinajstić information content (AvgIpc) is 2.94. The van der Waals surface area contributed by atoms with Crippen molar-refractivity contribution in [2.45, 2.75) is 51.8 Å². The van der Waals surface area contributed by atoms with Gasteiger partial charge < -0.3 is 10.1 Å². The summed E-state index contributed by atoms with van der Waals surface area (Å²) >= 11 is 7.37. The molecule has 0 saturated carbocycles. The highest BCUT2D eigenvalue weighted by Crippen LogP contribution is 2.24. The molecule has 1 amide bonds. The number of carbonyl (C=O) groups is 1. The van der Waals surface area contributed by atoms with E-state index in [2.05, 4.69) is 15.2 Å². The van der Waals surface area contributed by atoms with Crippen LogP contribution in [0.4, 0.5) is 4.79 Å². The van der Waals surface area contributed by atoms with E-state index in [0.717, 1.165) is 30.8 Å². The Morgan fingerprint density at radius 2 is 2.38 bits per heavy atom. The SMILES string of the molecule is CC(C)(C)OC(=O)NCC1CCCN1Cc1cnc(Cl)s1. The molecule has 2 rings (SSSR count). The molecule has 1 N–H and O–H groups in total. The van der Waals surface area contributed by atoms with Crippen LogP contribution in [0, 0.1) is 0 Å². The highest BCUT2D eigenvalue weighted by molar-refractivity contribution is 7.15. The topological polar surface area (TPSA) is 54.5 Å². The standard InChI is InChI=1S/C14H22ClN3O2S/c1-14(2,3)20-13(19)17-7-10-5-4-6-18(10)9-11-8-16-12(15)21-11/h8,10H,4-7,9H2,1-3H3,(H,17,19). The number of nitrogens with one attached hydrogen (secondary N) is 1. The van der Waals surface area contributed by atoms with Gasteiger partial charge in [-0.2, -0.15) is 0 Å². The van der Waals surface area contributed by atoms with Gasteiger partial charge in [-0.25, -0.2) is 9.78 Å². The Bertz CT molecular complexity index is 487. The van der Waals surface area contributed by atoms with Gasteiger partial charge >= 0.3 is 6.09 Å². The van der Waals surface area contributed by atoms with E-state index in [0.29, 0.717) is 17.1 Å². The van der Waals surface area contributed by atoms with Crippen LogP contribution in [0.3, 0.4) is 0 Å². The van der Waals surface area contributed by atoms with Gasteiger partial charge in [-0.1, -0.05) is 11.6 Å². The van der Waals surface area contributed by atoms with Crippen LogP contribution in [-0.2, 0) is 11.3 Å². The van der Waals surface area contributed by atoms with E-state index >= 15 is 0 Å². The van der Waals surface area contributed by atoms with Crippen molar-refractivity contribution in [3.8, 4) is 0 Å². The molecule has 118 valence electrons. The first-order valence-corrected chi connectivity index (χ1v) is 8.34. The molecule has 21 heavy (non-hydrogen) atoms. The number of likely N-dealkylation sites (tertiary alicyclic amines) is 1. The monoisotopic (exact) mass is 331 g/mol. The van der Waals surface area contributed by atoms with Crippen LogP contribution >= 0.6 is 22.9 Å². The van der Waals surface area contributed by atoms with Crippen molar-refractivity contribution in [3.05, 3.63) is 15.5 Å². The summed E-state index contributed by atoms with van der Waals surface area (Å²) in [5.41, 5.74) is -0.459. The number of alkyl carbamates (subject to hydrolysis) is 1. The van der Waals surface area contributed by atoms with Gasteiger partial charge in [-0.3, -0.25) is 4.90 Å². The molecule has 1 aromatic rings. The Hall–Kier alpha value is -0.850. The summed E-state index contributed by atoms with van der Waals surface area (Å²) in [5.74, 6) is 0. The Labute approximate surface area is 134 Å². The van der Waals surface area contributed by atoms with Crippen LogP contribution in [0.15, 0.2) is 6.20 Å².